The first-order valence-corrected chi connectivity index (χ1v) is 5.09. The maximum atomic E-state index is 10.9. The van der Waals surface area contributed by atoms with Gasteiger partial charge in [0, 0.05) is 12.2 Å². The summed E-state index contributed by atoms with van der Waals surface area (Å²) in [6, 6.07) is 3.51. The van der Waals surface area contributed by atoms with E-state index in [1.165, 1.54) is 12.1 Å². The Kier molecular flexibility index (Phi) is 4.64. The third kappa shape index (κ3) is 3.44. The standard InChI is InChI=1S/C11H13NO6/c13-5-7(14)4-12-9-3-6(10(15)16)1-2-8(9)11(17)18/h1-3,7,12-14H,4-5H2,(H,15,16)(H,17,18). The van der Waals surface area contributed by atoms with Gasteiger partial charge in [-0.1, -0.05) is 0 Å². The Labute approximate surface area is 102 Å². The summed E-state index contributed by atoms with van der Waals surface area (Å²) in [7, 11) is 0. The molecule has 0 radical (unpaired) electrons. The Morgan fingerprint density at radius 3 is 2.39 bits per heavy atom. The number of carboxylic acids is 2. The van der Waals surface area contributed by atoms with E-state index in [0.29, 0.717) is 0 Å². The third-order valence-electron chi connectivity index (χ3n) is 2.24. The van der Waals surface area contributed by atoms with Gasteiger partial charge in [0.15, 0.2) is 0 Å². The molecule has 0 heterocycles. The zero-order valence-electron chi connectivity index (χ0n) is 9.33. The maximum Gasteiger partial charge on any atom is 0.337 e. The fourth-order valence-electron chi connectivity index (χ4n) is 1.30. The van der Waals surface area contributed by atoms with E-state index < -0.39 is 24.6 Å². The molecule has 0 spiro atoms. The first-order chi connectivity index (χ1) is 8.45. The van der Waals surface area contributed by atoms with E-state index in [2.05, 4.69) is 5.32 Å². The molecule has 0 bridgehead atoms. The van der Waals surface area contributed by atoms with Crippen molar-refractivity contribution in [2.75, 3.05) is 18.5 Å². The Balaban J connectivity index is 3.00. The average molecular weight is 255 g/mol. The van der Waals surface area contributed by atoms with Gasteiger partial charge in [-0.3, -0.25) is 0 Å². The van der Waals surface area contributed by atoms with E-state index in [9.17, 15) is 9.59 Å². The van der Waals surface area contributed by atoms with E-state index >= 15 is 0 Å². The Bertz CT molecular complexity index is 459. The van der Waals surface area contributed by atoms with Gasteiger partial charge in [-0.05, 0) is 18.2 Å². The van der Waals surface area contributed by atoms with E-state index in [1.807, 2.05) is 0 Å². The molecule has 7 nitrogen and oxygen atoms in total. The highest BCUT2D eigenvalue weighted by Crippen LogP contribution is 2.18. The summed E-state index contributed by atoms with van der Waals surface area (Å²) >= 11 is 0. The van der Waals surface area contributed by atoms with Crippen molar-refractivity contribution in [3.63, 3.8) is 0 Å². The van der Waals surface area contributed by atoms with Crippen molar-refractivity contribution in [2.24, 2.45) is 0 Å². The first kappa shape index (κ1) is 13.9. The predicted molar refractivity (Wildman–Crippen MR) is 61.9 cm³/mol. The van der Waals surface area contributed by atoms with E-state index in [1.54, 1.807) is 0 Å². The van der Waals surface area contributed by atoms with Gasteiger partial charge < -0.3 is 25.7 Å². The number of hydrogen-bond donors (Lipinski definition) is 5. The summed E-state index contributed by atoms with van der Waals surface area (Å²) in [5.74, 6) is -2.40. The third-order valence-corrected chi connectivity index (χ3v) is 2.24. The second kappa shape index (κ2) is 5.99. The lowest BCUT2D eigenvalue weighted by molar-refractivity contribution is 0.0681. The number of aliphatic hydroxyl groups excluding tert-OH is 2. The van der Waals surface area contributed by atoms with Crippen LogP contribution in [0.3, 0.4) is 0 Å². The molecular weight excluding hydrogens is 242 g/mol. The molecule has 1 rings (SSSR count). The molecule has 1 unspecified atom stereocenters. The summed E-state index contributed by atoms with van der Waals surface area (Å²) < 4.78 is 0. The van der Waals surface area contributed by atoms with Gasteiger partial charge in [-0.2, -0.15) is 0 Å². The number of aliphatic hydroxyl groups is 2. The molecule has 0 aliphatic carbocycles. The van der Waals surface area contributed by atoms with Crippen LogP contribution in [-0.4, -0.2) is 51.6 Å². The number of carbonyl (C=O) groups is 2. The summed E-state index contributed by atoms with van der Waals surface area (Å²) in [6.45, 7) is -0.562. The SMILES string of the molecule is O=C(O)c1ccc(C(=O)O)c(NCC(O)CO)c1. The van der Waals surface area contributed by atoms with Crippen molar-refractivity contribution >= 4 is 17.6 Å². The number of hydrogen-bond acceptors (Lipinski definition) is 5. The minimum absolute atomic E-state index is 0.0685. The number of benzene rings is 1. The molecular formula is C11H13NO6. The van der Waals surface area contributed by atoms with Crippen molar-refractivity contribution in [2.45, 2.75) is 6.10 Å². The Morgan fingerprint density at radius 2 is 1.89 bits per heavy atom. The van der Waals surface area contributed by atoms with E-state index in [4.69, 9.17) is 20.4 Å². The van der Waals surface area contributed by atoms with Crippen LogP contribution in [0.25, 0.3) is 0 Å². The number of aromatic carboxylic acids is 2. The lowest BCUT2D eigenvalue weighted by Gasteiger charge is -2.13. The molecule has 1 atom stereocenters. The average Bonchev–Trinajstić information content (AvgIpc) is 2.35. The van der Waals surface area contributed by atoms with Crippen molar-refractivity contribution in [1.82, 2.24) is 0 Å². The van der Waals surface area contributed by atoms with Gasteiger partial charge in [0.1, 0.15) is 0 Å². The first-order valence-electron chi connectivity index (χ1n) is 5.09. The fourth-order valence-corrected chi connectivity index (χ4v) is 1.30. The highest BCUT2D eigenvalue weighted by Gasteiger charge is 2.14. The van der Waals surface area contributed by atoms with Gasteiger partial charge in [0.25, 0.3) is 0 Å². The van der Waals surface area contributed by atoms with Crippen molar-refractivity contribution < 1.29 is 30.0 Å². The molecule has 18 heavy (non-hydrogen) atoms. The minimum Gasteiger partial charge on any atom is -0.478 e. The van der Waals surface area contributed by atoms with Crippen LogP contribution in [0, 0.1) is 0 Å². The highest BCUT2D eigenvalue weighted by molar-refractivity contribution is 5.97. The lowest BCUT2D eigenvalue weighted by atomic mass is 10.1. The molecule has 5 N–H and O–H groups in total. The Morgan fingerprint density at radius 1 is 1.22 bits per heavy atom. The quantitative estimate of drug-likeness (QED) is 0.478. The highest BCUT2D eigenvalue weighted by atomic mass is 16.4. The van der Waals surface area contributed by atoms with Gasteiger partial charge in [-0.25, -0.2) is 9.59 Å². The second-order valence-electron chi connectivity index (χ2n) is 3.59. The molecule has 0 amide bonds. The zero-order chi connectivity index (χ0) is 13.7. The normalized spacial score (nSPS) is 11.9. The van der Waals surface area contributed by atoms with Crippen molar-refractivity contribution in [3.8, 4) is 0 Å². The Hall–Kier alpha value is -2.12. The van der Waals surface area contributed by atoms with Crippen molar-refractivity contribution in [3.05, 3.63) is 29.3 Å². The van der Waals surface area contributed by atoms with Crippen LogP contribution in [0.5, 0.6) is 0 Å². The topological polar surface area (TPSA) is 127 Å². The summed E-state index contributed by atoms with van der Waals surface area (Å²) in [4.78, 5) is 21.7. The largest absolute Gasteiger partial charge is 0.478 e. The predicted octanol–water partition coefficient (Wildman–Crippen LogP) is -0.152. The van der Waals surface area contributed by atoms with Crippen LogP contribution in [-0.2, 0) is 0 Å². The molecule has 0 saturated carbocycles. The molecule has 7 heteroatoms. The molecule has 0 aliphatic rings. The lowest BCUT2D eigenvalue weighted by Crippen LogP contribution is -2.24. The van der Waals surface area contributed by atoms with Gasteiger partial charge in [0.2, 0.25) is 0 Å². The van der Waals surface area contributed by atoms with Crippen LogP contribution in [0.15, 0.2) is 18.2 Å². The van der Waals surface area contributed by atoms with E-state index in [0.717, 1.165) is 6.07 Å². The number of carboxylic acid groups (broad SMARTS) is 2. The molecule has 1 aromatic carbocycles. The van der Waals surface area contributed by atoms with Crippen LogP contribution >= 0.6 is 0 Å². The molecule has 98 valence electrons. The summed E-state index contributed by atoms with van der Waals surface area (Å²) in [6.07, 6.45) is -1.06. The molecule has 1 aromatic rings. The molecule has 0 fully saturated rings. The van der Waals surface area contributed by atoms with Crippen LogP contribution in [0.1, 0.15) is 20.7 Å². The molecule has 0 aliphatic heterocycles. The number of rotatable bonds is 6. The molecule has 0 saturated heterocycles. The summed E-state index contributed by atoms with van der Waals surface area (Å²) in [5, 5.41) is 38.1. The van der Waals surface area contributed by atoms with Gasteiger partial charge >= 0.3 is 11.9 Å². The fraction of sp³-hybridized carbons (Fsp3) is 0.273. The monoisotopic (exact) mass is 255 g/mol. The molecule has 0 aromatic heterocycles. The minimum atomic E-state index is -1.21. The maximum absolute atomic E-state index is 10.9. The van der Waals surface area contributed by atoms with E-state index in [-0.39, 0.29) is 23.4 Å². The number of anilines is 1. The van der Waals surface area contributed by atoms with Crippen LogP contribution < -0.4 is 5.32 Å². The smallest absolute Gasteiger partial charge is 0.337 e. The number of nitrogens with one attached hydrogen (secondary N) is 1. The van der Waals surface area contributed by atoms with Crippen LogP contribution in [0.4, 0.5) is 5.69 Å². The second-order valence-corrected chi connectivity index (χ2v) is 3.59. The van der Waals surface area contributed by atoms with Gasteiger partial charge in [0.05, 0.1) is 23.8 Å². The van der Waals surface area contributed by atoms with Crippen molar-refractivity contribution in [1.29, 1.82) is 0 Å². The zero-order valence-corrected chi connectivity index (χ0v) is 9.33. The summed E-state index contributed by atoms with van der Waals surface area (Å²) in [5.41, 5.74) is -0.0963. The van der Waals surface area contributed by atoms with Gasteiger partial charge in [-0.15, -0.1) is 0 Å². The van der Waals surface area contributed by atoms with Crippen LogP contribution in [0.2, 0.25) is 0 Å².